The molecule has 0 saturated carbocycles. The summed E-state index contributed by atoms with van der Waals surface area (Å²) in [6, 6.07) is 0. The van der Waals surface area contributed by atoms with Gasteiger partial charge in [0.1, 0.15) is 18.4 Å². The first-order valence-electron chi connectivity index (χ1n) is 6.81. The lowest BCUT2D eigenvalue weighted by molar-refractivity contribution is 0.0108. The molecule has 1 aliphatic carbocycles. The largest absolute Gasteiger partial charge is 0.490 e. The molecule has 0 spiro atoms. The summed E-state index contributed by atoms with van der Waals surface area (Å²) in [5, 5.41) is 9.95. The predicted molar refractivity (Wildman–Crippen MR) is 73.9 cm³/mol. The highest BCUT2D eigenvalue weighted by Gasteiger charge is 2.30. The lowest BCUT2D eigenvalue weighted by Crippen LogP contribution is -2.39. The molecule has 0 unspecified atom stereocenters. The summed E-state index contributed by atoms with van der Waals surface area (Å²) < 4.78 is 6.55. The average Bonchev–Trinajstić information content (AvgIpc) is 2.82. The maximum Gasteiger partial charge on any atom is 0.436 e. The van der Waals surface area contributed by atoms with Crippen LogP contribution in [-0.4, -0.2) is 33.4 Å². The van der Waals surface area contributed by atoms with Crippen molar-refractivity contribution in [3.05, 3.63) is 17.3 Å². The molecule has 1 aliphatic rings. The van der Waals surface area contributed by atoms with Crippen molar-refractivity contribution in [3.8, 4) is 5.88 Å². The number of allylic oxidation sites excluding steroid dienone is 2. The van der Waals surface area contributed by atoms with E-state index in [0.29, 0.717) is 12.1 Å². The Morgan fingerprint density at radius 1 is 1.45 bits per heavy atom. The van der Waals surface area contributed by atoms with Gasteiger partial charge < -0.3 is 14.7 Å². The van der Waals surface area contributed by atoms with E-state index in [1.165, 1.54) is 17.4 Å². The van der Waals surface area contributed by atoms with Crippen LogP contribution in [0.3, 0.4) is 0 Å². The SMILES string of the molecule is COn1c(O)c(CC2=CCCC2)n1C(=O)OC(C)(C)C. The van der Waals surface area contributed by atoms with Gasteiger partial charge in [-0.05, 0) is 40.0 Å². The molecule has 0 atom stereocenters. The topological polar surface area (TPSA) is 65.6 Å². The number of carbonyl (C=O) groups is 1. The summed E-state index contributed by atoms with van der Waals surface area (Å²) >= 11 is 0. The normalized spacial score (nSPS) is 15.3. The zero-order chi connectivity index (χ0) is 14.9. The average molecular weight is 282 g/mol. The molecule has 1 heterocycles. The molecule has 2 rings (SSSR count). The number of aromatic hydroxyl groups is 1. The predicted octanol–water partition coefficient (Wildman–Crippen LogP) is 2.49. The van der Waals surface area contributed by atoms with Crippen LogP contribution in [0.4, 0.5) is 4.79 Å². The molecule has 6 nitrogen and oxygen atoms in total. The fourth-order valence-electron chi connectivity index (χ4n) is 2.29. The molecule has 0 aromatic carbocycles. The molecule has 6 heteroatoms. The zero-order valence-electron chi connectivity index (χ0n) is 12.5. The molecule has 20 heavy (non-hydrogen) atoms. The van der Waals surface area contributed by atoms with Crippen LogP contribution >= 0.6 is 0 Å². The number of ether oxygens (including phenoxy) is 1. The summed E-state index contributed by atoms with van der Waals surface area (Å²) in [7, 11) is 1.39. The van der Waals surface area contributed by atoms with Crippen LogP contribution in [-0.2, 0) is 11.2 Å². The fourth-order valence-corrected chi connectivity index (χ4v) is 2.29. The van der Waals surface area contributed by atoms with Gasteiger partial charge in [0.2, 0.25) is 0 Å². The van der Waals surface area contributed by atoms with Crippen molar-refractivity contribution in [2.45, 2.75) is 52.1 Å². The molecule has 0 fully saturated rings. The van der Waals surface area contributed by atoms with Crippen molar-refractivity contribution in [2.24, 2.45) is 0 Å². The molecular weight excluding hydrogens is 260 g/mol. The lowest BCUT2D eigenvalue weighted by Gasteiger charge is -2.28. The third-order valence-electron chi connectivity index (χ3n) is 3.15. The second-order valence-corrected chi connectivity index (χ2v) is 5.95. The number of aromatic nitrogens is 2. The molecule has 0 aliphatic heterocycles. The van der Waals surface area contributed by atoms with Crippen molar-refractivity contribution >= 4 is 6.09 Å². The van der Waals surface area contributed by atoms with E-state index >= 15 is 0 Å². The quantitative estimate of drug-likeness (QED) is 0.865. The highest BCUT2D eigenvalue weighted by atomic mass is 16.7. The zero-order valence-corrected chi connectivity index (χ0v) is 12.5. The van der Waals surface area contributed by atoms with Gasteiger partial charge in [-0.2, -0.15) is 0 Å². The smallest absolute Gasteiger partial charge is 0.436 e. The van der Waals surface area contributed by atoms with Crippen LogP contribution in [0.5, 0.6) is 5.88 Å². The molecular formula is C14H22N2O4. The highest BCUT2D eigenvalue weighted by Crippen LogP contribution is 2.29. The van der Waals surface area contributed by atoms with E-state index < -0.39 is 11.7 Å². The molecule has 112 valence electrons. The molecule has 0 radical (unpaired) electrons. The maximum absolute atomic E-state index is 12.2. The third-order valence-corrected chi connectivity index (χ3v) is 3.15. The third kappa shape index (κ3) is 2.84. The van der Waals surface area contributed by atoms with Gasteiger partial charge >= 0.3 is 6.09 Å². The standard InChI is InChI=1S/C14H22N2O4/c1-14(2,3)20-13(18)15-11(12(17)16(15)19-4)9-10-7-5-6-8-10/h7,17H,5-6,8-9H2,1-4H3. The Kier molecular flexibility index (Phi) is 3.83. The van der Waals surface area contributed by atoms with Crippen molar-refractivity contribution in [3.63, 3.8) is 0 Å². The number of nitrogens with zero attached hydrogens (tertiary/aromatic N) is 2. The number of rotatable bonds is 3. The lowest BCUT2D eigenvalue weighted by atomic mass is 10.1. The van der Waals surface area contributed by atoms with Gasteiger partial charge in [-0.3, -0.25) is 0 Å². The first-order chi connectivity index (χ1) is 9.33. The Balaban J connectivity index is 2.22. The number of hydrogen-bond donors (Lipinski definition) is 1. The molecule has 0 amide bonds. The Labute approximate surface area is 118 Å². The van der Waals surface area contributed by atoms with Gasteiger partial charge in [-0.1, -0.05) is 16.5 Å². The summed E-state index contributed by atoms with van der Waals surface area (Å²) in [6.45, 7) is 5.39. The minimum Gasteiger partial charge on any atom is -0.490 e. The van der Waals surface area contributed by atoms with E-state index in [4.69, 9.17) is 9.57 Å². The van der Waals surface area contributed by atoms with Crippen molar-refractivity contribution in [1.82, 2.24) is 9.53 Å². The van der Waals surface area contributed by atoms with Gasteiger partial charge in [-0.25, -0.2) is 4.79 Å². The molecule has 1 N–H and O–H groups in total. The Morgan fingerprint density at radius 3 is 2.65 bits per heavy atom. The van der Waals surface area contributed by atoms with E-state index in [-0.39, 0.29) is 5.88 Å². The Bertz CT molecular complexity index is 531. The van der Waals surface area contributed by atoms with E-state index in [2.05, 4.69) is 6.08 Å². The maximum atomic E-state index is 12.2. The number of hydrogen-bond acceptors (Lipinski definition) is 4. The van der Waals surface area contributed by atoms with Crippen LogP contribution in [0.2, 0.25) is 0 Å². The molecule has 0 bridgehead atoms. The fraction of sp³-hybridized carbons (Fsp3) is 0.643. The van der Waals surface area contributed by atoms with Crippen molar-refractivity contribution in [2.75, 3.05) is 7.11 Å². The minimum atomic E-state index is -0.598. The minimum absolute atomic E-state index is 0.0360. The van der Waals surface area contributed by atoms with Crippen LogP contribution in [0.1, 0.15) is 45.7 Å². The highest BCUT2D eigenvalue weighted by molar-refractivity contribution is 5.72. The Morgan fingerprint density at radius 2 is 2.15 bits per heavy atom. The van der Waals surface area contributed by atoms with Crippen LogP contribution in [0.15, 0.2) is 11.6 Å². The molecule has 0 saturated heterocycles. The van der Waals surface area contributed by atoms with Gasteiger partial charge in [0.05, 0.1) is 0 Å². The summed E-state index contributed by atoms with van der Waals surface area (Å²) in [5.74, 6) is -0.0360. The van der Waals surface area contributed by atoms with E-state index in [0.717, 1.165) is 24.1 Å². The Hall–Kier alpha value is -1.85. The van der Waals surface area contributed by atoms with Gasteiger partial charge in [0.25, 0.3) is 5.88 Å². The van der Waals surface area contributed by atoms with E-state index in [9.17, 15) is 9.90 Å². The van der Waals surface area contributed by atoms with E-state index in [1.54, 1.807) is 20.8 Å². The summed E-state index contributed by atoms with van der Waals surface area (Å²) in [4.78, 5) is 18.2. The first kappa shape index (κ1) is 14.6. The van der Waals surface area contributed by atoms with Gasteiger partial charge in [-0.15, -0.1) is 4.68 Å². The van der Waals surface area contributed by atoms with Crippen molar-refractivity contribution < 1.29 is 19.5 Å². The summed E-state index contributed by atoms with van der Waals surface area (Å²) in [6.07, 6.45) is 5.35. The first-order valence-corrected chi connectivity index (χ1v) is 6.81. The van der Waals surface area contributed by atoms with Crippen LogP contribution in [0.25, 0.3) is 0 Å². The van der Waals surface area contributed by atoms with Crippen LogP contribution < -0.4 is 4.84 Å². The molecule has 1 aromatic heterocycles. The number of carbonyl (C=O) groups excluding carboxylic acids is 1. The monoisotopic (exact) mass is 282 g/mol. The van der Waals surface area contributed by atoms with Gasteiger partial charge in [0, 0.05) is 6.42 Å². The van der Waals surface area contributed by atoms with E-state index in [1.807, 2.05) is 0 Å². The second kappa shape index (κ2) is 5.26. The second-order valence-electron chi connectivity index (χ2n) is 5.95. The van der Waals surface area contributed by atoms with Crippen molar-refractivity contribution in [1.29, 1.82) is 0 Å². The molecule has 1 aromatic rings. The summed E-state index contributed by atoms with van der Waals surface area (Å²) in [5.41, 5.74) is 1.16. The van der Waals surface area contributed by atoms with Gasteiger partial charge in [0.15, 0.2) is 0 Å². The van der Waals surface area contributed by atoms with Crippen LogP contribution in [0, 0.1) is 0 Å².